The minimum Gasteiger partial charge on any atom is -0.492 e. The molecule has 0 aliphatic carbocycles. The van der Waals surface area contributed by atoms with Crippen molar-refractivity contribution < 1.29 is 33.4 Å². The van der Waals surface area contributed by atoms with Crippen LogP contribution >= 0.6 is 0 Å². The van der Waals surface area contributed by atoms with E-state index in [4.69, 9.17) is 26.7 Å². The molecule has 4 aromatic carbocycles. The number of fused-ring (bicyclic) bond motifs is 5. The molecule has 60 heavy (non-hydrogen) atoms. The van der Waals surface area contributed by atoms with Crippen LogP contribution in [0.2, 0.25) is 0 Å². The van der Waals surface area contributed by atoms with Gasteiger partial charge in [0.15, 0.2) is 17.3 Å². The molecule has 318 valence electrons. The highest BCUT2D eigenvalue weighted by atomic mass is 16.5. The van der Waals surface area contributed by atoms with Gasteiger partial charge in [0.05, 0.1) is 6.04 Å². The van der Waals surface area contributed by atoms with E-state index in [1.807, 2.05) is 55.5 Å². The summed E-state index contributed by atoms with van der Waals surface area (Å²) in [5.41, 5.74) is 23.6. The number of rotatable bonds is 17. The topological polar surface area (TPSA) is 197 Å². The summed E-state index contributed by atoms with van der Waals surface area (Å²) in [7, 11) is 1.57. The Morgan fingerprint density at radius 3 is 1.98 bits per heavy atom. The van der Waals surface area contributed by atoms with Crippen molar-refractivity contribution in [2.75, 3.05) is 39.9 Å². The van der Waals surface area contributed by atoms with Crippen molar-refractivity contribution in [1.82, 2.24) is 10.2 Å². The number of ketones is 3. The lowest BCUT2D eigenvalue weighted by Crippen LogP contribution is -2.45. The van der Waals surface area contributed by atoms with Crippen LogP contribution in [0.5, 0.6) is 11.5 Å². The van der Waals surface area contributed by atoms with Crippen LogP contribution in [0, 0.1) is 18.8 Å². The summed E-state index contributed by atoms with van der Waals surface area (Å²) in [6.07, 6.45) is 1.55. The molecule has 12 heteroatoms. The van der Waals surface area contributed by atoms with Gasteiger partial charge in [-0.05, 0) is 86.2 Å². The molecule has 2 amide bonds. The van der Waals surface area contributed by atoms with Crippen LogP contribution in [-0.4, -0.2) is 80.0 Å². The first kappa shape index (κ1) is 45.4. The summed E-state index contributed by atoms with van der Waals surface area (Å²) < 4.78 is 12.2. The van der Waals surface area contributed by atoms with Crippen molar-refractivity contribution in [2.45, 2.75) is 71.4 Å². The molecule has 1 aliphatic rings. The maximum atomic E-state index is 14.8. The van der Waals surface area contributed by atoms with Gasteiger partial charge in [-0.2, -0.15) is 0 Å². The highest BCUT2D eigenvalue weighted by Gasteiger charge is 2.36. The van der Waals surface area contributed by atoms with Crippen LogP contribution in [0.4, 0.5) is 0 Å². The van der Waals surface area contributed by atoms with Gasteiger partial charge in [0.2, 0.25) is 11.8 Å². The molecule has 1 aliphatic heterocycles. The molecule has 1 heterocycles. The Balaban J connectivity index is 1.57. The van der Waals surface area contributed by atoms with Gasteiger partial charge in [-0.1, -0.05) is 79.6 Å². The Morgan fingerprint density at radius 2 is 1.38 bits per heavy atom. The Hall–Kier alpha value is -5.69. The molecule has 4 aromatic rings. The van der Waals surface area contributed by atoms with Crippen molar-refractivity contribution in [3.05, 3.63) is 107 Å². The number of unbranched alkanes of at least 4 members (excludes halogenated alkanes) is 1. The van der Waals surface area contributed by atoms with Crippen LogP contribution in [0.1, 0.15) is 79.0 Å². The third kappa shape index (κ3) is 11.5. The van der Waals surface area contributed by atoms with Crippen molar-refractivity contribution >= 4 is 29.2 Å². The van der Waals surface area contributed by atoms with Crippen LogP contribution in [0.3, 0.4) is 0 Å². The largest absolute Gasteiger partial charge is 0.492 e. The zero-order chi connectivity index (χ0) is 43.3. The molecule has 12 nitrogen and oxygen atoms in total. The number of aryl methyl sites for hydroxylation is 1. The molecule has 5 rings (SSSR count). The van der Waals surface area contributed by atoms with E-state index in [-0.39, 0.29) is 63.0 Å². The predicted octanol–water partition coefficient (Wildman–Crippen LogP) is 5.75. The van der Waals surface area contributed by atoms with Crippen LogP contribution in [0.15, 0.2) is 84.9 Å². The number of carbonyl (C=O) groups is 5. The van der Waals surface area contributed by atoms with E-state index in [9.17, 15) is 24.0 Å². The minimum atomic E-state index is -1.15. The molecule has 0 unspecified atom stereocenters. The lowest BCUT2D eigenvalue weighted by molar-refractivity contribution is -0.142. The SMILES string of the molecule is CC(=O)[C@@H]1Cc2ccc(OCCN)c(c2)-c2cc(ccc2OCCN)[C@H](N(C)C(=O)[C@H](CCCCN)CC(=O)c2ccc(-c3ccc(C)cc3)cc2)C(=O)C[C@@H](C)C(=O)N1. The number of hydrogen-bond acceptors (Lipinski definition) is 10. The van der Waals surface area contributed by atoms with Crippen LogP contribution in [-0.2, 0) is 25.6 Å². The summed E-state index contributed by atoms with van der Waals surface area (Å²) in [4.78, 5) is 71.2. The van der Waals surface area contributed by atoms with Crippen molar-refractivity contribution in [3.63, 3.8) is 0 Å². The summed E-state index contributed by atoms with van der Waals surface area (Å²) in [6.45, 7) is 6.42. The number of ether oxygens (including phenoxy) is 2. The second-order valence-corrected chi connectivity index (χ2v) is 15.7. The molecule has 7 N–H and O–H groups in total. The molecule has 4 bridgehead atoms. The Labute approximate surface area is 353 Å². The highest BCUT2D eigenvalue weighted by molar-refractivity contribution is 6.00. The Bertz CT molecular complexity index is 2140. The van der Waals surface area contributed by atoms with Crippen molar-refractivity contribution in [2.24, 2.45) is 29.0 Å². The summed E-state index contributed by atoms with van der Waals surface area (Å²) >= 11 is 0. The lowest BCUT2D eigenvalue weighted by atomic mass is 9.87. The molecule has 4 atom stereocenters. The summed E-state index contributed by atoms with van der Waals surface area (Å²) in [6, 6.07) is 24.3. The average molecular weight is 818 g/mol. The Kier molecular flexibility index (Phi) is 16.3. The number of nitrogens with zero attached hydrogens (tertiary/aromatic N) is 1. The number of carbonyl (C=O) groups excluding carboxylic acids is 5. The molecule has 0 aromatic heterocycles. The number of nitrogens with one attached hydrogen (secondary N) is 1. The van der Waals surface area contributed by atoms with Crippen LogP contribution < -0.4 is 32.0 Å². The molecule has 0 saturated heterocycles. The predicted molar refractivity (Wildman–Crippen MR) is 234 cm³/mol. The zero-order valence-corrected chi connectivity index (χ0v) is 35.2. The van der Waals surface area contributed by atoms with Crippen molar-refractivity contribution in [3.8, 4) is 33.8 Å². The second-order valence-electron chi connectivity index (χ2n) is 15.7. The quantitative estimate of drug-likeness (QED) is 0.0753. The molecular formula is C48H59N5O7. The van der Waals surface area contributed by atoms with E-state index in [0.717, 1.165) is 22.3 Å². The van der Waals surface area contributed by atoms with E-state index in [2.05, 4.69) is 5.32 Å². The van der Waals surface area contributed by atoms with E-state index < -0.39 is 35.6 Å². The third-order valence-corrected chi connectivity index (χ3v) is 11.0. The van der Waals surface area contributed by atoms with E-state index in [1.165, 1.54) is 11.8 Å². The van der Waals surface area contributed by atoms with Gasteiger partial charge in [0, 0.05) is 61.5 Å². The number of likely N-dealkylation sites (N-methyl/N-ethyl adjacent to an activating group) is 1. The number of amides is 2. The maximum absolute atomic E-state index is 14.8. The molecule has 0 saturated carbocycles. The van der Waals surface area contributed by atoms with E-state index in [1.54, 1.807) is 50.4 Å². The fourth-order valence-electron chi connectivity index (χ4n) is 7.61. The fourth-order valence-corrected chi connectivity index (χ4v) is 7.61. The van der Waals surface area contributed by atoms with Gasteiger partial charge in [-0.3, -0.25) is 24.0 Å². The Morgan fingerprint density at radius 1 is 0.783 bits per heavy atom. The molecular weight excluding hydrogens is 759 g/mol. The minimum absolute atomic E-state index is 0.0739. The van der Waals surface area contributed by atoms with Gasteiger partial charge >= 0.3 is 0 Å². The number of nitrogens with two attached hydrogens (primary N) is 3. The smallest absolute Gasteiger partial charge is 0.226 e. The number of hydrogen-bond donors (Lipinski definition) is 4. The normalized spacial score (nSPS) is 17.2. The highest BCUT2D eigenvalue weighted by Crippen LogP contribution is 2.41. The average Bonchev–Trinajstić information content (AvgIpc) is 3.24. The lowest BCUT2D eigenvalue weighted by Gasteiger charge is -2.32. The number of benzene rings is 4. The first-order valence-corrected chi connectivity index (χ1v) is 20.8. The zero-order valence-electron chi connectivity index (χ0n) is 35.2. The molecule has 0 radical (unpaired) electrons. The van der Waals surface area contributed by atoms with Gasteiger partial charge in [-0.25, -0.2) is 0 Å². The van der Waals surface area contributed by atoms with Crippen LogP contribution in [0.25, 0.3) is 22.3 Å². The fraction of sp³-hybridized carbons (Fsp3) is 0.396. The number of Topliss-reactive ketones (excluding diaryl/α,β-unsaturated/α-hetero) is 3. The summed E-state index contributed by atoms with van der Waals surface area (Å²) in [5.74, 6) is -2.30. The molecule has 0 spiro atoms. The monoisotopic (exact) mass is 817 g/mol. The first-order valence-electron chi connectivity index (χ1n) is 20.8. The maximum Gasteiger partial charge on any atom is 0.226 e. The van der Waals surface area contributed by atoms with Gasteiger partial charge in [0.25, 0.3) is 0 Å². The molecule has 0 fully saturated rings. The standard InChI is InChI=1S/C48H59N5O7/c1-30-8-11-34(12-9-30)35-13-15-36(16-14-35)42(55)29-38(7-5-6-20-49)48(58)53(4)46-37-17-19-45(60-24-22-51)40(28-37)39-26-33(10-18-44(39)59-23-21-50)27-41(32(3)54)52-47(57)31(2)25-43(46)56/h8-19,26,28,31,38,41,46H,5-7,20-25,27,29,49-51H2,1-4H3,(H,52,57)/t31-,38-,41+,46+/m1/s1. The van der Waals surface area contributed by atoms with Gasteiger partial charge in [0.1, 0.15) is 30.8 Å². The second kappa shape index (κ2) is 21.5. The van der Waals surface area contributed by atoms with E-state index in [0.29, 0.717) is 59.6 Å². The summed E-state index contributed by atoms with van der Waals surface area (Å²) in [5, 5.41) is 2.86. The van der Waals surface area contributed by atoms with Gasteiger partial charge in [-0.15, -0.1) is 0 Å². The van der Waals surface area contributed by atoms with Crippen molar-refractivity contribution in [1.29, 1.82) is 0 Å². The third-order valence-electron chi connectivity index (χ3n) is 11.0. The van der Waals surface area contributed by atoms with Gasteiger partial charge < -0.3 is 36.9 Å². The van der Waals surface area contributed by atoms with E-state index >= 15 is 0 Å². The first-order chi connectivity index (χ1) is 28.8.